The molecule has 0 aliphatic heterocycles. The summed E-state index contributed by atoms with van der Waals surface area (Å²) in [5, 5.41) is 0. The minimum atomic E-state index is -4.17. The Morgan fingerprint density at radius 2 is 1.71 bits per heavy atom. The summed E-state index contributed by atoms with van der Waals surface area (Å²) in [7, 11) is -1.59. The number of nitrogens with zero attached hydrogens (tertiary/aromatic N) is 1. The number of anilines is 1. The highest BCUT2D eigenvalue weighted by Gasteiger charge is 2.29. The number of benzene rings is 2. The molecule has 0 spiro atoms. The van der Waals surface area contributed by atoms with E-state index in [4.69, 9.17) is 4.74 Å². The first-order chi connectivity index (χ1) is 11.4. The molecule has 2 aromatic rings. The van der Waals surface area contributed by atoms with Crippen molar-refractivity contribution < 1.29 is 27.1 Å². The molecule has 0 aliphatic carbocycles. The maximum atomic E-state index is 14.1. The van der Waals surface area contributed by atoms with E-state index in [0.717, 1.165) is 13.2 Å². The van der Waals surface area contributed by atoms with Crippen LogP contribution in [0.5, 0.6) is 5.75 Å². The van der Waals surface area contributed by atoms with Crippen molar-refractivity contribution >= 4 is 21.7 Å². The number of halogens is 1. The minimum absolute atomic E-state index is 0.101. The van der Waals surface area contributed by atoms with Gasteiger partial charge in [0.25, 0.3) is 10.0 Å². The van der Waals surface area contributed by atoms with Crippen molar-refractivity contribution in [2.75, 3.05) is 25.1 Å². The normalized spacial score (nSPS) is 11.0. The topological polar surface area (TPSA) is 72.9 Å². The second-order valence-corrected chi connectivity index (χ2v) is 6.58. The fraction of sp³-hybridized carbons (Fsp3) is 0.188. The Bertz CT molecular complexity index is 821. The van der Waals surface area contributed by atoms with Gasteiger partial charge in [-0.2, -0.15) is 0 Å². The van der Waals surface area contributed by atoms with Gasteiger partial charge in [0.15, 0.2) is 0 Å². The summed E-state index contributed by atoms with van der Waals surface area (Å²) in [5.41, 5.74) is -0.237. The Kier molecular flexibility index (Phi) is 5.40. The van der Waals surface area contributed by atoms with Gasteiger partial charge in [-0.3, -0.25) is 9.10 Å². The summed E-state index contributed by atoms with van der Waals surface area (Å²) in [4.78, 5) is 11.5. The maximum Gasteiger partial charge on any atom is 0.326 e. The number of esters is 1. The van der Waals surface area contributed by atoms with E-state index in [1.807, 2.05) is 0 Å². The number of para-hydroxylation sites is 1. The molecule has 0 saturated heterocycles. The molecular formula is C16H16FNO5S. The number of hydrogen-bond acceptors (Lipinski definition) is 5. The number of methoxy groups -OCH3 is 2. The van der Waals surface area contributed by atoms with Crippen LogP contribution in [0.4, 0.5) is 10.1 Å². The highest BCUT2D eigenvalue weighted by molar-refractivity contribution is 7.92. The van der Waals surface area contributed by atoms with Crippen molar-refractivity contribution in [2.45, 2.75) is 4.90 Å². The zero-order valence-corrected chi connectivity index (χ0v) is 13.9. The first-order valence-corrected chi connectivity index (χ1v) is 8.32. The Morgan fingerprint density at radius 1 is 1.08 bits per heavy atom. The zero-order valence-electron chi connectivity index (χ0n) is 13.1. The van der Waals surface area contributed by atoms with Crippen LogP contribution >= 0.6 is 0 Å². The third-order valence-electron chi connectivity index (χ3n) is 3.27. The monoisotopic (exact) mass is 353 g/mol. The molecule has 128 valence electrons. The molecule has 0 aromatic heterocycles. The van der Waals surface area contributed by atoms with Gasteiger partial charge < -0.3 is 9.47 Å². The Hall–Kier alpha value is -2.61. The van der Waals surface area contributed by atoms with Crippen LogP contribution in [0.1, 0.15) is 0 Å². The highest BCUT2D eigenvalue weighted by Crippen LogP contribution is 2.27. The van der Waals surface area contributed by atoms with E-state index in [0.29, 0.717) is 10.1 Å². The molecule has 0 N–H and O–H groups in total. The molecule has 0 aliphatic rings. The lowest BCUT2D eigenvalue weighted by Crippen LogP contribution is -2.36. The molecule has 0 atom stereocenters. The van der Waals surface area contributed by atoms with Crippen LogP contribution in [-0.2, 0) is 19.6 Å². The molecule has 6 nitrogen and oxygen atoms in total. The number of carbonyl (C=O) groups is 1. The van der Waals surface area contributed by atoms with Gasteiger partial charge in [0.2, 0.25) is 0 Å². The molecule has 0 radical (unpaired) electrons. The lowest BCUT2D eigenvalue weighted by molar-refractivity contribution is -0.138. The van der Waals surface area contributed by atoms with Gasteiger partial charge in [0.05, 0.1) is 24.8 Å². The van der Waals surface area contributed by atoms with Crippen LogP contribution in [0.15, 0.2) is 53.4 Å². The van der Waals surface area contributed by atoms with E-state index in [-0.39, 0.29) is 10.6 Å². The van der Waals surface area contributed by atoms with E-state index < -0.39 is 28.4 Å². The van der Waals surface area contributed by atoms with E-state index in [1.54, 1.807) is 0 Å². The van der Waals surface area contributed by atoms with Gasteiger partial charge in [-0.1, -0.05) is 12.1 Å². The van der Waals surface area contributed by atoms with Crippen LogP contribution in [-0.4, -0.2) is 35.2 Å². The first-order valence-electron chi connectivity index (χ1n) is 6.88. The zero-order chi connectivity index (χ0) is 17.7. The molecule has 0 amide bonds. The van der Waals surface area contributed by atoms with Crippen molar-refractivity contribution in [3.05, 3.63) is 54.3 Å². The summed E-state index contributed by atoms with van der Waals surface area (Å²) in [6.45, 7) is -0.647. The van der Waals surface area contributed by atoms with E-state index in [1.165, 1.54) is 49.6 Å². The molecule has 24 heavy (non-hydrogen) atoms. The third kappa shape index (κ3) is 3.65. The Morgan fingerprint density at radius 3 is 2.25 bits per heavy atom. The van der Waals surface area contributed by atoms with Crippen LogP contribution in [0.25, 0.3) is 0 Å². The summed E-state index contributed by atoms with van der Waals surface area (Å²) >= 11 is 0. The van der Waals surface area contributed by atoms with Crippen molar-refractivity contribution in [3.8, 4) is 5.75 Å². The molecule has 0 saturated carbocycles. The summed E-state index contributed by atoms with van der Waals surface area (Å²) in [6.07, 6.45) is 0. The predicted molar refractivity (Wildman–Crippen MR) is 85.9 cm³/mol. The quantitative estimate of drug-likeness (QED) is 0.745. The van der Waals surface area contributed by atoms with Crippen molar-refractivity contribution in [2.24, 2.45) is 0 Å². The van der Waals surface area contributed by atoms with Crippen LogP contribution < -0.4 is 9.04 Å². The highest BCUT2D eigenvalue weighted by atomic mass is 32.2. The number of hydrogen-bond donors (Lipinski definition) is 0. The molecule has 0 heterocycles. The van der Waals surface area contributed by atoms with Crippen molar-refractivity contribution in [1.82, 2.24) is 0 Å². The molecule has 0 fully saturated rings. The van der Waals surface area contributed by atoms with Gasteiger partial charge >= 0.3 is 5.97 Å². The van der Waals surface area contributed by atoms with Gasteiger partial charge in [0.1, 0.15) is 18.1 Å². The van der Waals surface area contributed by atoms with Crippen molar-refractivity contribution in [3.63, 3.8) is 0 Å². The largest absolute Gasteiger partial charge is 0.497 e. The lowest BCUT2D eigenvalue weighted by Gasteiger charge is -2.23. The number of sulfonamides is 1. The SMILES string of the molecule is COC(=O)CN(c1ccccc1F)S(=O)(=O)c1ccc(OC)cc1. The smallest absolute Gasteiger partial charge is 0.326 e. The van der Waals surface area contributed by atoms with Gasteiger partial charge in [-0.05, 0) is 36.4 Å². The lowest BCUT2D eigenvalue weighted by atomic mass is 10.3. The Labute approximate surface area is 139 Å². The summed E-state index contributed by atoms with van der Waals surface area (Å²) in [6, 6.07) is 10.9. The first kappa shape index (κ1) is 17.7. The van der Waals surface area contributed by atoms with Crippen molar-refractivity contribution in [1.29, 1.82) is 0 Å². The number of rotatable bonds is 6. The van der Waals surface area contributed by atoms with Gasteiger partial charge in [-0.25, -0.2) is 12.8 Å². The molecule has 8 heteroatoms. The fourth-order valence-electron chi connectivity index (χ4n) is 2.01. The summed E-state index contributed by atoms with van der Waals surface area (Å²) < 4.78 is 50.0. The molecule has 0 bridgehead atoms. The number of ether oxygens (including phenoxy) is 2. The van der Waals surface area contributed by atoms with E-state index in [2.05, 4.69) is 4.74 Å². The maximum absolute atomic E-state index is 14.1. The van der Waals surface area contributed by atoms with E-state index in [9.17, 15) is 17.6 Å². The van der Waals surface area contributed by atoms with Crippen LogP contribution in [0.2, 0.25) is 0 Å². The second-order valence-electron chi connectivity index (χ2n) is 4.71. The third-order valence-corrected chi connectivity index (χ3v) is 5.04. The molecule has 2 rings (SSSR count). The Balaban J connectivity index is 2.52. The molecule has 2 aromatic carbocycles. The summed E-state index contributed by atoms with van der Waals surface area (Å²) in [5.74, 6) is -1.10. The van der Waals surface area contributed by atoms with E-state index >= 15 is 0 Å². The standard InChI is InChI=1S/C16H16FNO5S/c1-22-12-7-9-13(10-8-12)24(20,21)18(11-16(19)23-2)15-6-4-3-5-14(15)17/h3-10H,11H2,1-2H3. The predicted octanol–water partition coefficient (Wildman–Crippen LogP) is 2.20. The van der Waals surface area contributed by atoms with Gasteiger partial charge in [-0.15, -0.1) is 0 Å². The molecule has 0 unspecified atom stereocenters. The second kappa shape index (κ2) is 7.31. The van der Waals surface area contributed by atoms with Gasteiger partial charge in [0, 0.05) is 0 Å². The van der Waals surface area contributed by atoms with Crippen LogP contribution in [0, 0.1) is 5.82 Å². The molecular weight excluding hydrogens is 337 g/mol. The fourth-order valence-corrected chi connectivity index (χ4v) is 3.43. The average Bonchev–Trinajstić information content (AvgIpc) is 2.60. The minimum Gasteiger partial charge on any atom is -0.497 e. The van der Waals surface area contributed by atoms with Crippen LogP contribution in [0.3, 0.4) is 0 Å². The average molecular weight is 353 g/mol. The number of carbonyl (C=O) groups excluding carboxylic acids is 1.